The molecule has 0 spiro atoms. The number of thioether (sulfide) groups is 1. The Hall–Kier alpha value is -0.180. The Labute approximate surface area is 125 Å². The predicted molar refractivity (Wildman–Crippen MR) is 85.2 cm³/mol. The Kier molecular flexibility index (Phi) is 4.40. The zero-order valence-corrected chi connectivity index (χ0v) is 13.1. The van der Waals surface area contributed by atoms with Crippen molar-refractivity contribution >= 4 is 23.4 Å². The second-order valence-electron chi connectivity index (χ2n) is 5.82. The summed E-state index contributed by atoms with van der Waals surface area (Å²) >= 11 is 8.12. The first kappa shape index (κ1) is 13.8. The summed E-state index contributed by atoms with van der Waals surface area (Å²) in [6, 6.07) is 7.66. The first-order valence-electron chi connectivity index (χ1n) is 7.33. The molecule has 1 fully saturated rings. The van der Waals surface area contributed by atoms with Crippen molar-refractivity contribution in [2.24, 2.45) is 0 Å². The maximum absolute atomic E-state index is 6.08. The molecule has 1 saturated carbocycles. The summed E-state index contributed by atoms with van der Waals surface area (Å²) in [7, 11) is 0. The third-order valence-electron chi connectivity index (χ3n) is 4.58. The molecule has 0 bridgehead atoms. The van der Waals surface area contributed by atoms with Gasteiger partial charge in [0.2, 0.25) is 0 Å². The van der Waals surface area contributed by atoms with Crippen LogP contribution in [0.4, 0.5) is 0 Å². The lowest BCUT2D eigenvalue weighted by Crippen LogP contribution is -2.36. The summed E-state index contributed by atoms with van der Waals surface area (Å²) in [4.78, 5) is 0. The smallest absolute Gasteiger partial charge is 0.0408 e. The number of aryl methyl sites for hydroxylation is 1. The molecule has 3 unspecified atom stereocenters. The van der Waals surface area contributed by atoms with Crippen LogP contribution in [0.3, 0.4) is 0 Å². The molecule has 1 nitrogen and oxygen atoms in total. The van der Waals surface area contributed by atoms with Crippen LogP contribution in [0.25, 0.3) is 0 Å². The summed E-state index contributed by atoms with van der Waals surface area (Å²) in [5.41, 5.74) is 2.93. The normalized spacial score (nSPS) is 30.3. The summed E-state index contributed by atoms with van der Waals surface area (Å²) in [6.45, 7) is 0. The highest BCUT2D eigenvalue weighted by atomic mass is 35.5. The number of benzene rings is 1. The van der Waals surface area contributed by atoms with E-state index in [2.05, 4.69) is 23.7 Å². The van der Waals surface area contributed by atoms with Crippen molar-refractivity contribution in [1.82, 2.24) is 5.32 Å². The van der Waals surface area contributed by atoms with Gasteiger partial charge in [0.25, 0.3) is 0 Å². The predicted octanol–water partition coefficient (Wildman–Crippen LogP) is 4.59. The fraction of sp³-hybridized carbons (Fsp3) is 0.625. The van der Waals surface area contributed by atoms with E-state index in [1.165, 1.54) is 49.7 Å². The van der Waals surface area contributed by atoms with Gasteiger partial charge in [-0.25, -0.2) is 0 Å². The van der Waals surface area contributed by atoms with Gasteiger partial charge in [0, 0.05) is 22.4 Å². The maximum Gasteiger partial charge on any atom is 0.0408 e. The SMILES string of the molecule is CSC1CCCC(NC2CCc3cc(Cl)ccc32)C1. The summed E-state index contributed by atoms with van der Waals surface area (Å²) in [5, 5.41) is 5.63. The van der Waals surface area contributed by atoms with E-state index in [-0.39, 0.29) is 0 Å². The number of fused-ring (bicyclic) bond motifs is 1. The lowest BCUT2D eigenvalue weighted by molar-refractivity contribution is 0.343. The van der Waals surface area contributed by atoms with Gasteiger partial charge < -0.3 is 5.32 Å². The van der Waals surface area contributed by atoms with Crippen LogP contribution in [0.1, 0.15) is 49.3 Å². The van der Waals surface area contributed by atoms with Crippen LogP contribution in [-0.2, 0) is 6.42 Å². The van der Waals surface area contributed by atoms with E-state index < -0.39 is 0 Å². The van der Waals surface area contributed by atoms with Gasteiger partial charge in [0.05, 0.1) is 0 Å². The molecule has 1 aromatic rings. The van der Waals surface area contributed by atoms with Gasteiger partial charge in [0.1, 0.15) is 0 Å². The number of rotatable bonds is 3. The molecule has 0 saturated heterocycles. The van der Waals surface area contributed by atoms with Crippen molar-refractivity contribution < 1.29 is 0 Å². The van der Waals surface area contributed by atoms with Crippen LogP contribution < -0.4 is 5.32 Å². The van der Waals surface area contributed by atoms with E-state index >= 15 is 0 Å². The van der Waals surface area contributed by atoms with Crippen LogP contribution in [0, 0.1) is 0 Å². The molecule has 0 radical (unpaired) electrons. The van der Waals surface area contributed by atoms with Gasteiger partial charge >= 0.3 is 0 Å². The molecule has 3 atom stereocenters. The average molecular weight is 296 g/mol. The van der Waals surface area contributed by atoms with Crippen molar-refractivity contribution in [2.75, 3.05) is 6.26 Å². The minimum absolute atomic E-state index is 0.554. The Morgan fingerprint density at radius 2 is 2.16 bits per heavy atom. The number of halogens is 1. The second kappa shape index (κ2) is 6.07. The van der Waals surface area contributed by atoms with E-state index in [0.29, 0.717) is 12.1 Å². The molecular weight excluding hydrogens is 274 g/mol. The summed E-state index contributed by atoms with van der Waals surface area (Å²) < 4.78 is 0. The maximum atomic E-state index is 6.08. The van der Waals surface area contributed by atoms with Crippen LogP contribution in [-0.4, -0.2) is 17.5 Å². The highest BCUT2D eigenvalue weighted by molar-refractivity contribution is 7.99. The first-order valence-corrected chi connectivity index (χ1v) is 9.00. The standard InChI is InChI=1S/C16H22ClNS/c1-19-14-4-2-3-13(10-14)18-16-8-5-11-9-12(17)6-7-15(11)16/h6-7,9,13-14,16,18H,2-5,8,10H2,1H3. The van der Waals surface area contributed by atoms with Crippen LogP contribution in [0.15, 0.2) is 18.2 Å². The Balaban J connectivity index is 1.66. The molecule has 19 heavy (non-hydrogen) atoms. The Bertz CT molecular complexity index is 448. The minimum atomic E-state index is 0.554. The molecule has 0 amide bonds. The van der Waals surface area contributed by atoms with Crippen LogP contribution >= 0.6 is 23.4 Å². The molecule has 3 rings (SSSR count). The number of nitrogens with one attached hydrogen (secondary N) is 1. The quantitative estimate of drug-likeness (QED) is 0.875. The fourth-order valence-electron chi connectivity index (χ4n) is 3.55. The monoisotopic (exact) mass is 295 g/mol. The van der Waals surface area contributed by atoms with Gasteiger partial charge in [0.15, 0.2) is 0 Å². The Morgan fingerprint density at radius 1 is 1.26 bits per heavy atom. The summed E-state index contributed by atoms with van der Waals surface area (Å²) in [6.07, 6.45) is 10.1. The minimum Gasteiger partial charge on any atom is -0.307 e. The molecule has 2 aliphatic rings. The molecule has 3 heteroatoms. The molecule has 2 aliphatic carbocycles. The molecular formula is C16H22ClNS. The first-order chi connectivity index (χ1) is 9.26. The molecule has 0 aliphatic heterocycles. The van der Waals surface area contributed by atoms with Crippen molar-refractivity contribution in [3.63, 3.8) is 0 Å². The molecule has 1 N–H and O–H groups in total. The molecule has 0 aromatic heterocycles. The fourth-order valence-corrected chi connectivity index (χ4v) is 4.58. The van der Waals surface area contributed by atoms with Gasteiger partial charge in [-0.05, 0) is 61.6 Å². The zero-order valence-electron chi connectivity index (χ0n) is 11.5. The van der Waals surface area contributed by atoms with Gasteiger partial charge in [-0.2, -0.15) is 11.8 Å². The number of hydrogen-bond acceptors (Lipinski definition) is 2. The van der Waals surface area contributed by atoms with Crippen molar-refractivity contribution in [2.45, 2.75) is 55.9 Å². The number of hydrogen-bond donors (Lipinski definition) is 1. The largest absolute Gasteiger partial charge is 0.307 e. The zero-order chi connectivity index (χ0) is 13.2. The van der Waals surface area contributed by atoms with E-state index in [4.69, 9.17) is 11.6 Å². The van der Waals surface area contributed by atoms with Crippen LogP contribution in [0.2, 0.25) is 5.02 Å². The van der Waals surface area contributed by atoms with Gasteiger partial charge in [-0.1, -0.05) is 24.1 Å². The molecule has 0 heterocycles. The lowest BCUT2D eigenvalue weighted by Gasteiger charge is -2.31. The van der Waals surface area contributed by atoms with Crippen molar-refractivity contribution in [3.8, 4) is 0 Å². The third kappa shape index (κ3) is 3.12. The molecule has 104 valence electrons. The van der Waals surface area contributed by atoms with Crippen molar-refractivity contribution in [3.05, 3.63) is 34.3 Å². The molecule has 1 aromatic carbocycles. The highest BCUT2D eigenvalue weighted by Gasteiger charge is 2.27. The highest BCUT2D eigenvalue weighted by Crippen LogP contribution is 2.35. The van der Waals surface area contributed by atoms with E-state index in [9.17, 15) is 0 Å². The van der Waals surface area contributed by atoms with Crippen molar-refractivity contribution in [1.29, 1.82) is 0 Å². The second-order valence-corrected chi connectivity index (χ2v) is 7.40. The Morgan fingerprint density at radius 3 is 3.00 bits per heavy atom. The topological polar surface area (TPSA) is 12.0 Å². The van der Waals surface area contributed by atoms with E-state index in [0.717, 1.165) is 10.3 Å². The van der Waals surface area contributed by atoms with E-state index in [1.807, 2.05) is 17.8 Å². The van der Waals surface area contributed by atoms with E-state index in [1.54, 1.807) is 0 Å². The van der Waals surface area contributed by atoms with Gasteiger partial charge in [-0.3, -0.25) is 0 Å². The lowest BCUT2D eigenvalue weighted by atomic mass is 9.93. The third-order valence-corrected chi connectivity index (χ3v) is 5.91. The average Bonchev–Trinajstić information content (AvgIpc) is 2.81. The summed E-state index contributed by atoms with van der Waals surface area (Å²) in [5.74, 6) is 0. The van der Waals surface area contributed by atoms with Gasteiger partial charge in [-0.15, -0.1) is 0 Å². The van der Waals surface area contributed by atoms with Crippen LogP contribution in [0.5, 0.6) is 0 Å².